The molecule has 0 saturated heterocycles. The molecule has 0 bridgehead atoms. The molecule has 0 aliphatic carbocycles. The molecule has 0 atom stereocenters. The maximum atomic E-state index is 12.0. The van der Waals surface area contributed by atoms with Gasteiger partial charge >= 0.3 is 0 Å². The fourth-order valence-electron chi connectivity index (χ4n) is 2.18. The topological polar surface area (TPSA) is 91.2 Å². The van der Waals surface area contributed by atoms with Crippen molar-refractivity contribution >= 4 is 50.7 Å². The average molecular weight is 451 g/mol. The van der Waals surface area contributed by atoms with E-state index in [4.69, 9.17) is 21.6 Å². The number of nitrogens with zero attached hydrogens (tertiary/aromatic N) is 1. The molecule has 0 aliphatic heterocycles. The van der Waals surface area contributed by atoms with E-state index in [9.17, 15) is 9.59 Å². The Morgan fingerprint density at radius 2 is 1.81 bits per heavy atom. The summed E-state index contributed by atoms with van der Waals surface area (Å²) in [4.78, 5) is 23.5. The number of benzene rings is 2. The second-order valence-electron chi connectivity index (χ2n) is 5.54. The van der Waals surface area contributed by atoms with Crippen LogP contribution < -0.4 is 15.4 Å². The van der Waals surface area contributed by atoms with Crippen molar-refractivity contribution in [3.8, 4) is 11.8 Å². The summed E-state index contributed by atoms with van der Waals surface area (Å²) >= 11 is 9.39. The number of nitrogens with one attached hydrogen (secondary N) is 2. The first-order valence-electron chi connectivity index (χ1n) is 8.12. The molecule has 6 nitrogen and oxygen atoms in total. The van der Waals surface area contributed by atoms with Gasteiger partial charge in [0.25, 0.3) is 0 Å². The van der Waals surface area contributed by atoms with Gasteiger partial charge < -0.3 is 15.4 Å². The lowest BCUT2D eigenvalue weighted by Gasteiger charge is -2.09. The number of amides is 2. The first-order valence-corrected chi connectivity index (χ1v) is 9.29. The van der Waals surface area contributed by atoms with Crippen LogP contribution in [-0.2, 0) is 9.59 Å². The molecular weight excluding hydrogens is 434 g/mol. The Kier molecular flexibility index (Phi) is 8.11. The molecule has 0 aliphatic rings. The molecule has 0 radical (unpaired) electrons. The van der Waals surface area contributed by atoms with E-state index in [2.05, 4.69) is 26.6 Å². The van der Waals surface area contributed by atoms with Gasteiger partial charge in [-0.3, -0.25) is 9.59 Å². The van der Waals surface area contributed by atoms with Gasteiger partial charge in [-0.05, 0) is 42.8 Å². The van der Waals surface area contributed by atoms with E-state index in [0.717, 1.165) is 4.47 Å². The first-order chi connectivity index (χ1) is 13.0. The maximum absolute atomic E-state index is 12.0. The smallest absolute Gasteiger partial charge is 0.238 e. The minimum absolute atomic E-state index is 0.166. The minimum atomic E-state index is -0.398. The molecule has 0 aromatic heterocycles. The summed E-state index contributed by atoms with van der Waals surface area (Å²) in [5.41, 5.74) is 1.08. The van der Waals surface area contributed by atoms with Crippen LogP contribution in [0.3, 0.4) is 0 Å². The molecule has 2 aromatic rings. The third-order valence-corrected chi connectivity index (χ3v) is 4.16. The molecular formula is C19H17BrClN3O3. The fourth-order valence-corrected chi connectivity index (χ4v) is 2.91. The van der Waals surface area contributed by atoms with E-state index in [0.29, 0.717) is 35.2 Å². The molecule has 0 unspecified atom stereocenters. The van der Waals surface area contributed by atoms with Crippen LogP contribution in [0.1, 0.15) is 19.3 Å². The Labute approximate surface area is 170 Å². The van der Waals surface area contributed by atoms with Crippen LogP contribution in [0.2, 0.25) is 5.02 Å². The summed E-state index contributed by atoms with van der Waals surface area (Å²) in [6.07, 6.45) is 0.578. The summed E-state index contributed by atoms with van der Waals surface area (Å²) in [5.74, 6) is 0.00631. The summed E-state index contributed by atoms with van der Waals surface area (Å²) < 4.78 is 6.44. The van der Waals surface area contributed by atoms with Crippen molar-refractivity contribution in [2.24, 2.45) is 0 Å². The highest BCUT2D eigenvalue weighted by molar-refractivity contribution is 9.10. The van der Waals surface area contributed by atoms with Crippen LogP contribution in [0.25, 0.3) is 0 Å². The van der Waals surface area contributed by atoms with Crippen LogP contribution in [0.5, 0.6) is 5.75 Å². The molecule has 0 heterocycles. The summed E-state index contributed by atoms with van der Waals surface area (Å²) in [7, 11) is 0. The number of anilines is 2. The van der Waals surface area contributed by atoms with E-state index in [1.165, 1.54) is 0 Å². The number of halogens is 2. The zero-order chi connectivity index (χ0) is 19.6. The van der Waals surface area contributed by atoms with Crippen molar-refractivity contribution < 1.29 is 14.3 Å². The van der Waals surface area contributed by atoms with Crippen molar-refractivity contribution in [2.45, 2.75) is 19.3 Å². The third-order valence-electron chi connectivity index (χ3n) is 3.37. The van der Waals surface area contributed by atoms with Crippen molar-refractivity contribution in [3.05, 3.63) is 52.0 Å². The zero-order valence-corrected chi connectivity index (χ0v) is 16.6. The van der Waals surface area contributed by atoms with Crippen molar-refractivity contribution in [1.82, 2.24) is 0 Å². The Bertz CT molecular complexity index is 868. The quantitative estimate of drug-likeness (QED) is 0.568. The SMILES string of the molecule is N#CCC(=O)Nc1cccc(NC(=O)CCCOc2ccc(Br)cc2Cl)c1. The lowest BCUT2D eigenvalue weighted by atomic mass is 10.2. The highest BCUT2D eigenvalue weighted by atomic mass is 79.9. The molecule has 8 heteroatoms. The van der Waals surface area contributed by atoms with E-state index in [1.807, 2.05) is 6.07 Å². The summed E-state index contributed by atoms with van der Waals surface area (Å²) in [6.45, 7) is 0.360. The van der Waals surface area contributed by atoms with Crippen LogP contribution in [0.4, 0.5) is 11.4 Å². The molecule has 2 rings (SSSR count). The lowest BCUT2D eigenvalue weighted by Crippen LogP contribution is -2.14. The van der Waals surface area contributed by atoms with Gasteiger partial charge in [0, 0.05) is 22.3 Å². The van der Waals surface area contributed by atoms with E-state index in [-0.39, 0.29) is 18.7 Å². The van der Waals surface area contributed by atoms with Gasteiger partial charge in [0.15, 0.2) is 0 Å². The number of nitriles is 1. The Morgan fingerprint density at radius 3 is 2.48 bits per heavy atom. The van der Waals surface area contributed by atoms with Gasteiger partial charge in [0.1, 0.15) is 12.2 Å². The number of hydrogen-bond donors (Lipinski definition) is 2. The van der Waals surface area contributed by atoms with Gasteiger partial charge in [0.05, 0.1) is 17.7 Å². The minimum Gasteiger partial charge on any atom is -0.492 e. The van der Waals surface area contributed by atoms with E-state index in [1.54, 1.807) is 42.5 Å². The molecule has 0 fully saturated rings. The maximum Gasteiger partial charge on any atom is 0.238 e. The number of ether oxygens (including phenoxy) is 1. The van der Waals surface area contributed by atoms with Crippen molar-refractivity contribution in [3.63, 3.8) is 0 Å². The van der Waals surface area contributed by atoms with Crippen LogP contribution in [0, 0.1) is 11.3 Å². The molecule has 2 amide bonds. The second kappa shape index (κ2) is 10.6. The normalized spacial score (nSPS) is 9.96. The monoisotopic (exact) mass is 449 g/mol. The molecule has 0 saturated carbocycles. The number of carbonyl (C=O) groups is 2. The number of hydrogen-bond acceptors (Lipinski definition) is 4. The second-order valence-corrected chi connectivity index (χ2v) is 6.86. The van der Waals surface area contributed by atoms with Gasteiger partial charge in [-0.1, -0.05) is 33.6 Å². The molecule has 0 spiro atoms. The van der Waals surface area contributed by atoms with Gasteiger partial charge in [-0.25, -0.2) is 0 Å². The zero-order valence-electron chi connectivity index (χ0n) is 14.3. The molecule has 140 valence electrons. The number of carbonyl (C=O) groups excluding carboxylic acids is 2. The summed E-state index contributed by atoms with van der Waals surface area (Å²) in [6, 6.07) is 13.8. The molecule has 2 N–H and O–H groups in total. The van der Waals surface area contributed by atoms with Gasteiger partial charge in [-0.15, -0.1) is 0 Å². The van der Waals surface area contributed by atoms with Crippen molar-refractivity contribution in [1.29, 1.82) is 5.26 Å². The molecule has 2 aromatic carbocycles. The summed E-state index contributed by atoms with van der Waals surface area (Å²) in [5, 5.41) is 14.4. The third kappa shape index (κ3) is 7.29. The molecule has 27 heavy (non-hydrogen) atoms. The standard InChI is InChI=1S/C19H17BrClN3O3/c20-13-6-7-17(16(21)11-13)27-10-2-5-18(25)23-14-3-1-4-15(12-14)24-19(26)8-9-22/h1,3-4,6-7,11-12H,2,5,8,10H2,(H,23,25)(H,24,26). The Hall–Kier alpha value is -2.56. The predicted octanol–water partition coefficient (Wildman–Crippen LogP) is 4.75. The average Bonchev–Trinajstić information content (AvgIpc) is 2.60. The van der Waals surface area contributed by atoms with E-state index >= 15 is 0 Å². The first kappa shape index (κ1) is 20.7. The number of rotatable bonds is 8. The predicted molar refractivity (Wildman–Crippen MR) is 108 cm³/mol. The van der Waals surface area contributed by atoms with Gasteiger partial charge in [0.2, 0.25) is 11.8 Å². The van der Waals surface area contributed by atoms with Crippen LogP contribution in [-0.4, -0.2) is 18.4 Å². The van der Waals surface area contributed by atoms with Crippen LogP contribution >= 0.6 is 27.5 Å². The highest BCUT2D eigenvalue weighted by Crippen LogP contribution is 2.27. The largest absolute Gasteiger partial charge is 0.492 e. The Morgan fingerprint density at radius 1 is 1.11 bits per heavy atom. The van der Waals surface area contributed by atoms with Crippen LogP contribution in [0.15, 0.2) is 46.9 Å². The highest BCUT2D eigenvalue weighted by Gasteiger charge is 2.06. The Balaban J connectivity index is 1.77. The van der Waals surface area contributed by atoms with Crippen molar-refractivity contribution in [2.75, 3.05) is 17.2 Å². The van der Waals surface area contributed by atoms with E-state index < -0.39 is 5.91 Å². The fraction of sp³-hybridized carbons (Fsp3) is 0.211. The van der Waals surface area contributed by atoms with Gasteiger partial charge in [-0.2, -0.15) is 5.26 Å². The lowest BCUT2D eigenvalue weighted by molar-refractivity contribution is -0.116.